The van der Waals surface area contributed by atoms with Gasteiger partial charge < -0.3 is 9.72 Å². The standard InChI is InChI=1S/C26H28F2N2O/c1-3-7-16-12-21(27)24(22(28)13-16)26-25-20(19-8-5-6-9-23(19)29-25)14-17(4-2)30(26)18-10-11-31-15-18/h3,5-9,12-13,17-18,26,29H,4,10-11,14-15H2,1-2H3/b7-3+/t17-,18+,26-/m1/s1. The molecule has 0 amide bonds. The predicted molar refractivity (Wildman–Crippen MR) is 120 cm³/mol. The van der Waals surface area contributed by atoms with E-state index in [4.69, 9.17) is 4.74 Å². The van der Waals surface area contributed by atoms with Crippen LogP contribution in [-0.4, -0.2) is 35.2 Å². The molecule has 0 unspecified atom stereocenters. The first kappa shape index (κ1) is 20.4. The lowest BCUT2D eigenvalue weighted by Gasteiger charge is -2.45. The number of allylic oxidation sites excluding steroid dienone is 1. The zero-order chi connectivity index (χ0) is 21.5. The Morgan fingerprint density at radius 2 is 1.97 bits per heavy atom. The smallest absolute Gasteiger partial charge is 0.131 e. The summed E-state index contributed by atoms with van der Waals surface area (Å²) >= 11 is 0. The number of hydrogen-bond donors (Lipinski definition) is 1. The van der Waals surface area contributed by atoms with E-state index in [2.05, 4.69) is 22.9 Å². The molecule has 0 aliphatic carbocycles. The maximum absolute atomic E-state index is 15.5. The van der Waals surface area contributed by atoms with Crippen molar-refractivity contribution in [2.75, 3.05) is 13.2 Å². The summed E-state index contributed by atoms with van der Waals surface area (Å²) in [5, 5.41) is 1.15. The van der Waals surface area contributed by atoms with Crippen molar-refractivity contribution in [1.82, 2.24) is 9.88 Å². The molecule has 0 saturated carbocycles. The van der Waals surface area contributed by atoms with E-state index in [0.29, 0.717) is 18.8 Å². The Hall–Kier alpha value is -2.50. The summed E-state index contributed by atoms with van der Waals surface area (Å²) in [5.41, 5.74) is 3.78. The second-order valence-corrected chi connectivity index (χ2v) is 8.59. The summed E-state index contributed by atoms with van der Waals surface area (Å²) in [5.74, 6) is -0.994. The molecule has 1 saturated heterocycles. The molecule has 1 N–H and O–H groups in total. The van der Waals surface area contributed by atoms with E-state index < -0.39 is 17.7 Å². The number of nitrogens with one attached hydrogen (secondary N) is 1. The molecule has 2 aromatic carbocycles. The number of ether oxygens (including phenoxy) is 1. The Bertz CT molecular complexity index is 1110. The summed E-state index contributed by atoms with van der Waals surface area (Å²) in [6.07, 6.45) is 6.17. The Labute approximate surface area is 181 Å². The lowest BCUT2D eigenvalue weighted by atomic mass is 9.85. The molecule has 1 fully saturated rings. The number of fused-ring (bicyclic) bond motifs is 3. The molecular formula is C26H28F2N2O. The molecule has 3 nitrogen and oxygen atoms in total. The number of H-pyrrole nitrogens is 1. The maximum atomic E-state index is 15.5. The van der Waals surface area contributed by atoms with E-state index in [1.54, 1.807) is 12.2 Å². The Morgan fingerprint density at radius 3 is 2.65 bits per heavy atom. The number of benzene rings is 2. The molecule has 2 aliphatic rings. The molecule has 2 aliphatic heterocycles. The van der Waals surface area contributed by atoms with E-state index in [1.165, 1.54) is 17.7 Å². The monoisotopic (exact) mass is 422 g/mol. The van der Waals surface area contributed by atoms with Crippen LogP contribution in [-0.2, 0) is 11.2 Å². The highest BCUT2D eigenvalue weighted by Crippen LogP contribution is 2.45. The van der Waals surface area contributed by atoms with Crippen LogP contribution in [0.3, 0.4) is 0 Å². The molecule has 3 atom stereocenters. The van der Waals surface area contributed by atoms with Gasteiger partial charge >= 0.3 is 0 Å². The van der Waals surface area contributed by atoms with Gasteiger partial charge in [-0.3, -0.25) is 4.90 Å². The zero-order valence-electron chi connectivity index (χ0n) is 18.0. The first-order valence-corrected chi connectivity index (χ1v) is 11.2. The largest absolute Gasteiger partial charge is 0.380 e. The number of aromatic nitrogens is 1. The van der Waals surface area contributed by atoms with Gasteiger partial charge in [-0.05, 0) is 55.5 Å². The van der Waals surface area contributed by atoms with Gasteiger partial charge in [0.1, 0.15) is 11.6 Å². The second-order valence-electron chi connectivity index (χ2n) is 8.59. The number of para-hydroxylation sites is 1. The van der Waals surface area contributed by atoms with Gasteiger partial charge in [-0.25, -0.2) is 8.78 Å². The van der Waals surface area contributed by atoms with Crippen molar-refractivity contribution in [2.24, 2.45) is 0 Å². The summed E-state index contributed by atoms with van der Waals surface area (Å²) in [6, 6.07) is 10.9. The topological polar surface area (TPSA) is 28.3 Å². The van der Waals surface area contributed by atoms with Crippen molar-refractivity contribution in [1.29, 1.82) is 0 Å². The van der Waals surface area contributed by atoms with Crippen LogP contribution in [0.15, 0.2) is 42.5 Å². The zero-order valence-corrected chi connectivity index (χ0v) is 18.0. The minimum Gasteiger partial charge on any atom is -0.380 e. The second kappa shape index (κ2) is 8.21. The summed E-state index contributed by atoms with van der Waals surface area (Å²) < 4.78 is 36.7. The van der Waals surface area contributed by atoms with Crippen molar-refractivity contribution < 1.29 is 13.5 Å². The van der Waals surface area contributed by atoms with Crippen LogP contribution in [0.5, 0.6) is 0 Å². The summed E-state index contributed by atoms with van der Waals surface area (Å²) in [6.45, 7) is 5.29. The highest BCUT2D eigenvalue weighted by atomic mass is 19.1. The molecule has 5 rings (SSSR count). The fourth-order valence-electron chi connectivity index (χ4n) is 5.44. The lowest BCUT2D eigenvalue weighted by molar-refractivity contribution is 0.0638. The summed E-state index contributed by atoms with van der Waals surface area (Å²) in [7, 11) is 0. The van der Waals surface area contributed by atoms with E-state index in [0.717, 1.165) is 35.9 Å². The third-order valence-corrected chi connectivity index (χ3v) is 6.81. The minimum absolute atomic E-state index is 0.131. The normalized spacial score (nSPS) is 24.3. The van der Waals surface area contributed by atoms with Crippen molar-refractivity contribution in [3.63, 3.8) is 0 Å². The highest BCUT2D eigenvalue weighted by Gasteiger charge is 2.43. The predicted octanol–water partition coefficient (Wildman–Crippen LogP) is 5.99. The quantitative estimate of drug-likeness (QED) is 0.559. The third kappa shape index (κ3) is 3.40. The number of hydrogen-bond acceptors (Lipinski definition) is 2. The molecule has 0 spiro atoms. The van der Waals surface area contributed by atoms with Crippen LogP contribution < -0.4 is 0 Å². The highest BCUT2D eigenvalue weighted by molar-refractivity contribution is 5.85. The van der Waals surface area contributed by atoms with Gasteiger partial charge in [0.15, 0.2) is 0 Å². The molecule has 1 aromatic heterocycles. The molecule has 0 radical (unpaired) electrons. The number of halogens is 2. The van der Waals surface area contributed by atoms with E-state index in [1.807, 2.05) is 25.1 Å². The van der Waals surface area contributed by atoms with Crippen LogP contribution >= 0.6 is 0 Å². The lowest BCUT2D eigenvalue weighted by Crippen LogP contribution is -2.50. The average molecular weight is 423 g/mol. The Morgan fingerprint density at radius 1 is 1.19 bits per heavy atom. The first-order chi connectivity index (χ1) is 15.1. The van der Waals surface area contributed by atoms with Gasteiger partial charge in [0.25, 0.3) is 0 Å². The van der Waals surface area contributed by atoms with Crippen LogP contribution in [0.2, 0.25) is 0 Å². The van der Waals surface area contributed by atoms with Crippen molar-refractivity contribution in [3.8, 4) is 0 Å². The molecule has 31 heavy (non-hydrogen) atoms. The van der Waals surface area contributed by atoms with E-state index in [9.17, 15) is 0 Å². The van der Waals surface area contributed by atoms with Crippen molar-refractivity contribution in [3.05, 3.63) is 76.5 Å². The first-order valence-electron chi connectivity index (χ1n) is 11.2. The molecule has 0 bridgehead atoms. The number of rotatable bonds is 4. The average Bonchev–Trinajstić information content (AvgIpc) is 3.41. The molecule has 3 aromatic rings. The van der Waals surface area contributed by atoms with Crippen molar-refractivity contribution >= 4 is 17.0 Å². The minimum atomic E-state index is -0.507. The van der Waals surface area contributed by atoms with E-state index in [-0.39, 0.29) is 17.6 Å². The van der Waals surface area contributed by atoms with Gasteiger partial charge in [0, 0.05) is 40.9 Å². The third-order valence-electron chi connectivity index (χ3n) is 6.81. The van der Waals surface area contributed by atoms with Gasteiger partial charge in [-0.2, -0.15) is 0 Å². The Kier molecular flexibility index (Phi) is 5.40. The summed E-state index contributed by atoms with van der Waals surface area (Å²) in [4.78, 5) is 5.85. The van der Waals surface area contributed by atoms with Crippen LogP contribution in [0.1, 0.15) is 55.1 Å². The van der Waals surface area contributed by atoms with Gasteiger partial charge in [-0.15, -0.1) is 0 Å². The molecule has 5 heteroatoms. The Balaban J connectivity index is 1.75. The van der Waals surface area contributed by atoms with E-state index >= 15 is 8.78 Å². The van der Waals surface area contributed by atoms with Gasteiger partial charge in [-0.1, -0.05) is 37.3 Å². The van der Waals surface area contributed by atoms with Crippen LogP contribution in [0, 0.1) is 11.6 Å². The molecular weight excluding hydrogens is 394 g/mol. The van der Waals surface area contributed by atoms with Crippen LogP contribution in [0.4, 0.5) is 8.78 Å². The fourth-order valence-corrected chi connectivity index (χ4v) is 5.44. The molecule has 3 heterocycles. The van der Waals surface area contributed by atoms with Crippen molar-refractivity contribution in [2.45, 2.75) is 51.2 Å². The SMILES string of the molecule is C/C=C/c1cc(F)c([C@@H]2c3[nH]c4ccccc4c3C[C@@H](CC)N2[C@H]2CCOC2)c(F)c1. The number of nitrogens with zero attached hydrogens (tertiary/aromatic N) is 1. The maximum Gasteiger partial charge on any atom is 0.131 e. The fraction of sp³-hybridized carbons (Fsp3) is 0.385. The van der Waals surface area contributed by atoms with Gasteiger partial charge in [0.2, 0.25) is 0 Å². The number of aromatic amines is 1. The van der Waals surface area contributed by atoms with Crippen LogP contribution in [0.25, 0.3) is 17.0 Å². The van der Waals surface area contributed by atoms with Gasteiger partial charge in [0.05, 0.1) is 12.6 Å². The molecule has 162 valence electrons.